The van der Waals surface area contributed by atoms with Crippen LogP contribution in [0.15, 0.2) is 114 Å². The van der Waals surface area contributed by atoms with E-state index in [9.17, 15) is 0 Å². The molecular formula is C57H61BN2O. The zero-order valence-electron chi connectivity index (χ0n) is 38.7. The average Bonchev–Trinajstić information content (AvgIpc) is 3.57. The first kappa shape index (κ1) is 39.6. The van der Waals surface area contributed by atoms with Gasteiger partial charge in [-0.2, -0.15) is 0 Å². The molecule has 6 aromatic carbocycles. The molecule has 0 bridgehead atoms. The number of anilines is 6. The SMILES string of the molecule is Cc1ccc(-c2ccc(C)cc2N2c3ccc(C(C)(C)C)cc3B3c4oc5cc6c(cc5c4N(c4ccc(C(C)(C)C)cc4)c4cc(C)cc2c43)C(C)(C)CCC6(C)C)cc1. The molecule has 0 saturated heterocycles. The zero-order valence-corrected chi connectivity index (χ0v) is 38.7. The second-order valence-corrected chi connectivity index (χ2v) is 22.0. The Morgan fingerprint density at radius 1 is 0.541 bits per heavy atom. The van der Waals surface area contributed by atoms with Crippen molar-refractivity contribution in [1.82, 2.24) is 0 Å². The maximum atomic E-state index is 7.51. The summed E-state index contributed by atoms with van der Waals surface area (Å²) in [5.41, 5.74) is 23.5. The molecule has 0 atom stereocenters. The summed E-state index contributed by atoms with van der Waals surface area (Å²) in [6, 6.07) is 42.4. The molecule has 308 valence electrons. The van der Waals surface area contributed by atoms with Crippen molar-refractivity contribution in [3.05, 3.63) is 148 Å². The lowest BCUT2D eigenvalue weighted by atomic mass is 9.35. The fourth-order valence-electron chi connectivity index (χ4n) is 10.6. The van der Waals surface area contributed by atoms with Gasteiger partial charge in [-0.1, -0.05) is 135 Å². The van der Waals surface area contributed by atoms with Crippen molar-refractivity contribution in [1.29, 1.82) is 0 Å². The largest absolute Gasteiger partial charge is 0.468 e. The van der Waals surface area contributed by atoms with Gasteiger partial charge in [-0.3, -0.25) is 0 Å². The topological polar surface area (TPSA) is 19.6 Å². The number of furan rings is 1. The Balaban J connectivity index is 1.33. The lowest BCUT2D eigenvalue weighted by molar-refractivity contribution is 0.332. The molecule has 0 amide bonds. The molecule has 0 fully saturated rings. The van der Waals surface area contributed by atoms with E-state index in [1.165, 1.54) is 94.8 Å². The van der Waals surface area contributed by atoms with Gasteiger partial charge in [-0.15, -0.1) is 0 Å². The van der Waals surface area contributed by atoms with Gasteiger partial charge >= 0.3 is 0 Å². The molecule has 1 aromatic heterocycles. The van der Waals surface area contributed by atoms with Crippen molar-refractivity contribution in [2.75, 3.05) is 9.80 Å². The van der Waals surface area contributed by atoms with Gasteiger partial charge in [0.1, 0.15) is 5.58 Å². The minimum absolute atomic E-state index is 0.0386. The minimum atomic E-state index is -0.114. The van der Waals surface area contributed by atoms with E-state index >= 15 is 0 Å². The van der Waals surface area contributed by atoms with Crippen molar-refractivity contribution in [3.8, 4) is 11.1 Å². The summed E-state index contributed by atoms with van der Waals surface area (Å²) >= 11 is 0. The van der Waals surface area contributed by atoms with Crippen LogP contribution in [0.3, 0.4) is 0 Å². The monoisotopic (exact) mass is 800 g/mol. The molecule has 4 heteroatoms. The van der Waals surface area contributed by atoms with E-state index in [2.05, 4.69) is 209 Å². The van der Waals surface area contributed by atoms with Gasteiger partial charge in [0.2, 0.25) is 0 Å². The fraction of sp³-hybridized carbons (Fsp3) is 0.333. The Kier molecular flexibility index (Phi) is 8.62. The molecule has 2 aliphatic heterocycles. The third-order valence-electron chi connectivity index (χ3n) is 14.4. The molecule has 1 aliphatic carbocycles. The summed E-state index contributed by atoms with van der Waals surface area (Å²) in [7, 11) is 0. The van der Waals surface area contributed by atoms with Crippen LogP contribution in [-0.4, -0.2) is 6.71 Å². The predicted molar refractivity (Wildman–Crippen MR) is 263 cm³/mol. The van der Waals surface area contributed by atoms with Gasteiger partial charge in [0.15, 0.2) is 0 Å². The Bertz CT molecular complexity index is 2910. The summed E-state index contributed by atoms with van der Waals surface area (Å²) < 4.78 is 7.51. The number of fused-ring (bicyclic) bond motifs is 7. The maximum Gasteiger partial charge on any atom is 0.297 e. The van der Waals surface area contributed by atoms with E-state index in [4.69, 9.17) is 4.42 Å². The molecule has 10 rings (SSSR count). The van der Waals surface area contributed by atoms with Crippen LogP contribution in [0.25, 0.3) is 22.1 Å². The first-order valence-corrected chi connectivity index (χ1v) is 22.5. The van der Waals surface area contributed by atoms with Crippen molar-refractivity contribution in [2.24, 2.45) is 0 Å². The predicted octanol–water partition coefficient (Wildman–Crippen LogP) is 14.1. The first-order chi connectivity index (χ1) is 28.7. The van der Waals surface area contributed by atoms with E-state index in [0.29, 0.717) is 0 Å². The van der Waals surface area contributed by atoms with Crippen LogP contribution >= 0.6 is 0 Å². The molecular weight excluding hydrogens is 739 g/mol. The second kappa shape index (κ2) is 13.3. The quantitative estimate of drug-likeness (QED) is 0.166. The summed E-state index contributed by atoms with van der Waals surface area (Å²) in [6.45, 7) is 30.1. The third-order valence-corrected chi connectivity index (χ3v) is 14.4. The second-order valence-electron chi connectivity index (χ2n) is 22.0. The number of rotatable bonds is 3. The van der Waals surface area contributed by atoms with Crippen LogP contribution in [0.1, 0.15) is 121 Å². The van der Waals surface area contributed by atoms with Crippen LogP contribution in [0, 0.1) is 20.8 Å². The molecule has 0 saturated carbocycles. The van der Waals surface area contributed by atoms with Crippen LogP contribution < -0.4 is 26.4 Å². The van der Waals surface area contributed by atoms with Crippen LogP contribution in [0.4, 0.5) is 34.1 Å². The van der Waals surface area contributed by atoms with E-state index in [1.54, 1.807) is 0 Å². The van der Waals surface area contributed by atoms with Crippen LogP contribution in [-0.2, 0) is 21.7 Å². The molecule has 61 heavy (non-hydrogen) atoms. The number of benzene rings is 6. The van der Waals surface area contributed by atoms with Crippen molar-refractivity contribution >= 4 is 68.4 Å². The van der Waals surface area contributed by atoms with Gasteiger partial charge < -0.3 is 14.2 Å². The highest BCUT2D eigenvalue weighted by Crippen LogP contribution is 2.52. The Morgan fingerprint density at radius 3 is 1.75 bits per heavy atom. The molecule has 3 heterocycles. The number of hydrogen-bond donors (Lipinski definition) is 0. The lowest BCUT2D eigenvalue weighted by Gasteiger charge is -2.44. The van der Waals surface area contributed by atoms with E-state index in [0.717, 1.165) is 29.8 Å². The molecule has 0 N–H and O–H groups in total. The maximum absolute atomic E-state index is 7.51. The fourth-order valence-corrected chi connectivity index (χ4v) is 10.6. The summed E-state index contributed by atoms with van der Waals surface area (Å²) in [5, 5.41) is 1.20. The summed E-state index contributed by atoms with van der Waals surface area (Å²) in [6.07, 6.45) is 2.32. The summed E-state index contributed by atoms with van der Waals surface area (Å²) in [5.74, 6) is 0. The number of hydrogen-bond acceptors (Lipinski definition) is 3. The van der Waals surface area contributed by atoms with Crippen molar-refractivity contribution < 1.29 is 4.42 Å². The number of aryl methyl sites for hydroxylation is 3. The van der Waals surface area contributed by atoms with Crippen molar-refractivity contribution in [3.63, 3.8) is 0 Å². The highest BCUT2D eigenvalue weighted by atomic mass is 16.3. The number of nitrogens with zero attached hydrogens (tertiary/aromatic N) is 2. The standard InChI is InChI=1S/C57H61BN2O/c1-34-14-17-37(18-15-34)41-24-16-35(2)28-47(41)60-46-25-21-39(55(7,8)9)31-45(46)58-51-48(29-36(3)30-49(51)60)59(40-22-19-38(20-23-40)54(4,5)6)52-42-32-43-44(33-50(42)61-53(52)58)57(12,13)27-26-56(43,10)11/h14-25,28-33H,26-27H2,1-13H3. The van der Waals surface area contributed by atoms with E-state index in [1.807, 2.05) is 0 Å². The molecule has 7 aromatic rings. The normalized spacial score (nSPS) is 16.3. The lowest BCUT2D eigenvalue weighted by Crippen LogP contribution is -2.61. The Hall–Kier alpha value is -5.48. The third kappa shape index (κ3) is 6.22. The van der Waals surface area contributed by atoms with Crippen molar-refractivity contribution in [2.45, 2.75) is 125 Å². The average molecular weight is 801 g/mol. The first-order valence-electron chi connectivity index (χ1n) is 22.5. The van der Waals surface area contributed by atoms with Gasteiger partial charge in [-0.25, -0.2) is 0 Å². The highest BCUT2D eigenvalue weighted by molar-refractivity contribution is 7.00. The zero-order chi connectivity index (χ0) is 43.1. The van der Waals surface area contributed by atoms with Gasteiger partial charge in [-0.05, 0) is 154 Å². The van der Waals surface area contributed by atoms with Gasteiger partial charge in [0.25, 0.3) is 6.71 Å². The molecule has 0 spiro atoms. The molecule has 0 unspecified atom stereocenters. The summed E-state index contributed by atoms with van der Waals surface area (Å²) in [4.78, 5) is 5.13. The van der Waals surface area contributed by atoms with Gasteiger partial charge in [0.05, 0.1) is 17.0 Å². The Morgan fingerprint density at radius 2 is 1.11 bits per heavy atom. The smallest absolute Gasteiger partial charge is 0.297 e. The van der Waals surface area contributed by atoms with Gasteiger partial charge in [0, 0.05) is 33.7 Å². The highest BCUT2D eigenvalue weighted by Gasteiger charge is 2.48. The molecule has 0 radical (unpaired) electrons. The Labute approximate surface area is 364 Å². The van der Waals surface area contributed by atoms with E-state index in [-0.39, 0.29) is 28.4 Å². The van der Waals surface area contributed by atoms with E-state index < -0.39 is 0 Å². The minimum Gasteiger partial charge on any atom is -0.468 e. The molecule has 3 aliphatic rings. The molecule has 3 nitrogen and oxygen atoms in total. The van der Waals surface area contributed by atoms with Crippen LogP contribution in [0.5, 0.6) is 0 Å². The van der Waals surface area contributed by atoms with Crippen LogP contribution in [0.2, 0.25) is 0 Å².